The molecule has 0 spiro atoms. The summed E-state index contributed by atoms with van der Waals surface area (Å²) in [7, 11) is -10.2. The van der Waals surface area contributed by atoms with E-state index in [2.05, 4.69) is 29.9 Å². The van der Waals surface area contributed by atoms with Gasteiger partial charge in [-0.3, -0.25) is 37.0 Å². The monoisotopic (exact) mass is 690 g/mol. The van der Waals surface area contributed by atoms with E-state index in [1.165, 1.54) is 0 Å². The molecule has 4 aromatic rings. The number of halogens is 1. The lowest BCUT2D eigenvalue weighted by Crippen LogP contribution is -2.34. The lowest BCUT2D eigenvalue weighted by Gasteiger charge is -2.26. The summed E-state index contributed by atoms with van der Waals surface area (Å²) in [6.45, 7) is -2.40. The standard InChI is InChI=1S/C21H25FN10O12P2/c22-10-14-9(42-19(10)31-5-27-11-15(23)25-4-26-16(11)31)3-40-45(35,36)43-13-7(1-33)8(2-39-46(37,38)44-14)41-20(13)32-6-28-12-17(32)29-21(24)30-18(12)34/h4-10,13-14,19-20,33H,1-3H2,(H,35,36)(H,37,38)(H2,23,25,26)(H3,24,29,30,34). The van der Waals surface area contributed by atoms with Gasteiger partial charge in [-0.2, -0.15) is 4.98 Å². The minimum Gasteiger partial charge on any atom is -0.396 e. The Morgan fingerprint density at radius 3 is 2.26 bits per heavy atom. The molecule has 2 bridgehead atoms. The van der Waals surface area contributed by atoms with Gasteiger partial charge in [0, 0.05) is 5.92 Å². The van der Waals surface area contributed by atoms with Crippen molar-refractivity contribution in [3.8, 4) is 0 Å². The second-order valence-corrected chi connectivity index (χ2v) is 13.3. The molecule has 7 heterocycles. The molecule has 46 heavy (non-hydrogen) atoms. The molecule has 248 valence electrons. The fourth-order valence-corrected chi connectivity index (χ4v) is 7.51. The Hall–Kier alpha value is -3.47. The zero-order valence-corrected chi connectivity index (χ0v) is 24.8. The van der Waals surface area contributed by atoms with Crippen molar-refractivity contribution in [3.63, 3.8) is 0 Å². The molecule has 22 nitrogen and oxygen atoms in total. The van der Waals surface area contributed by atoms with Crippen LogP contribution in [0.1, 0.15) is 12.5 Å². The number of ether oxygens (including phenoxy) is 2. The molecule has 0 aromatic carbocycles. The van der Waals surface area contributed by atoms with E-state index >= 15 is 4.39 Å². The van der Waals surface area contributed by atoms with Crippen LogP contribution >= 0.6 is 15.6 Å². The zero-order valence-electron chi connectivity index (χ0n) is 23.0. The number of H-pyrrole nitrogens is 1. The van der Waals surface area contributed by atoms with Crippen LogP contribution in [0.5, 0.6) is 0 Å². The third kappa shape index (κ3) is 5.38. The number of nitrogens with one attached hydrogen (secondary N) is 1. The molecule has 10 unspecified atom stereocenters. The number of aliphatic hydroxyl groups is 1. The van der Waals surface area contributed by atoms with Crippen LogP contribution in [-0.2, 0) is 36.7 Å². The van der Waals surface area contributed by atoms with Crippen molar-refractivity contribution in [1.29, 1.82) is 0 Å². The molecule has 7 rings (SSSR count). The third-order valence-corrected chi connectivity index (χ3v) is 9.64. The SMILES string of the molecule is Nc1nc2c(ncn2C2OC3COP(=O)(O)OC4C(COP(=O)(O)OC2C3CO)OC(n2cnc3c(N)ncnc32)C4F)c(=O)[nH]1. The molecule has 3 aliphatic rings. The van der Waals surface area contributed by atoms with Gasteiger partial charge >= 0.3 is 15.6 Å². The highest BCUT2D eigenvalue weighted by atomic mass is 31.2. The molecule has 0 aliphatic carbocycles. The van der Waals surface area contributed by atoms with Crippen molar-refractivity contribution in [1.82, 2.24) is 39.0 Å². The Labute approximate surface area is 254 Å². The predicted molar refractivity (Wildman–Crippen MR) is 147 cm³/mol. The van der Waals surface area contributed by atoms with Crippen molar-refractivity contribution in [2.45, 2.75) is 43.0 Å². The van der Waals surface area contributed by atoms with Gasteiger partial charge in [0.25, 0.3) is 5.56 Å². The van der Waals surface area contributed by atoms with Gasteiger partial charge in [0.15, 0.2) is 41.3 Å². The first-order chi connectivity index (χ1) is 21.9. The zero-order chi connectivity index (χ0) is 32.5. The average Bonchev–Trinajstić information content (AvgIpc) is 3.75. The van der Waals surface area contributed by atoms with Crippen molar-refractivity contribution < 1.29 is 56.0 Å². The lowest BCUT2D eigenvalue weighted by molar-refractivity contribution is -0.0669. The number of aromatic nitrogens is 8. The molecule has 25 heteroatoms. The number of aliphatic hydroxyl groups excluding tert-OH is 1. The molecule has 8 N–H and O–H groups in total. The quantitative estimate of drug-likeness (QED) is 0.139. The van der Waals surface area contributed by atoms with E-state index in [-0.39, 0.29) is 34.1 Å². The van der Waals surface area contributed by atoms with E-state index in [1.807, 2.05) is 0 Å². The summed E-state index contributed by atoms with van der Waals surface area (Å²) >= 11 is 0. The number of nitrogens with two attached hydrogens (primary N) is 2. The Kier molecular flexibility index (Phi) is 7.68. The minimum atomic E-state index is -5.13. The van der Waals surface area contributed by atoms with E-state index in [9.17, 15) is 28.8 Å². The van der Waals surface area contributed by atoms with Crippen LogP contribution in [-0.4, -0.2) is 104 Å². The number of nitrogen functional groups attached to an aromatic ring is 2. The van der Waals surface area contributed by atoms with Gasteiger partial charge in [-0.25, -0.2) is 33.5 Å². The molecular formula is C21H25FN10O12P2. The number of phosphoric ester groups is 2. The normalized spacial score (nSPS) is 37.1. The van der Waals surface area contributed by atoms with Crippen LogP contribution in [0.15, 0.2) is 23.8 Å². The highest BCUT2D eigenvalue weighted by Gasteiger charge is 2.54. The van der Waals surface area contributed by atoms with E-state index < -0.39 is 90.0 Å². The summed E-state index contributed by atoms with van der Waals surface area (Å²) in [6, 6.07) is 0. The van der Waals surface area contributed by atoms with Gasteiger partial charge < -0.3 is 35.8 Å². The van der Waals surface area contributed by atoms with Crippen LogP contribution in [0, 0.1) is 5.92 Å². The summed E-state index contributed by atoms with van der Waals surface area (Å²) in [5.74, 6) is -1.47. The number of imidazole rings is 2. The van der Waals surface area contributed by atoms with E-state index in [4.69, 9.17) is 39.0 Å². The van der Waals surface area contributed by atoms with Crippen molar-refractivity contribution in [3.05, 3.63) is 29.3 Å². The predicted octanol–water partition coefficient (Wildman–Crippen LogP) is -1.12. The third-order valence-electron chi connectivity index (χ3n) is 7.67. The fraction of sp³-hybridized carbons (Fsp3) is 0.524. The smallest absolute Gasteiger partial charge is 0.396 e. The molecule has 3 fully saturated rings. The molecule has 3 saturated heterocycles. The maximum Gasteiger partial charge on any atom is 0.472 e. The van der Waals surface area contributed by atoms with E-state index in [1.54, 1.807) is 0 Å². The second-order valence-electron chi connectivity index (χ2n) is 10.4. The summed E-state index contributed by atoms with van der Waals surface area (Å²) in [4.78, 5) is 55.9. The van der Waals surface area contributed by atoms with Crippen molar-refractivity contribution >= 4 is 49.7 Å². The Morgan fingerprint density at radius 2 is 1.54 bits per heavy atom. The van der Waals surface area contributed by atoms with E-state index in [0.717, 1.165) is 28.1 Å². The summed E-state index contributed by atoms with van der Waals surface area (Å²) in [5.41, 5.74) is 10.7. The highest BCUT2D eigenvalue weighted by molar-refractivity contribution is 7.47. The molecule has 0 amide bonds. The summed E-state index contributed by atoms with van der Waals surface area (Å²) in [5, 5.41) is 10.2. The minimum absolute atomic E-state index is 0.00278. The second kappa shape index (κ2) is 11.3. The van der Waals surface area contributed by atoms with Crippen LogP contribution in [0.2, 0.25) is 0 Å². The summed E-state index contributed by atoms with van der Waals surface area (Å²) < 4.78 is 77.3. The first-order valence-electron chi connectivity index (χ1n) is 13.4. The van der Waals surface area contributed by atoms with Gasteiger partial charge in [-0.15, -0.1) is 0 Å². The first kappa shape index (κ1) is 31.1. The first-order valence-corrected chi connectivity index (χ1v) is 16.4. The molecule has 3 aliphatic heterocycles. The Bertz CT molecular complexity index is 1960. The number of anilines is 2. The van der Waals surface area contributed by atoms with Crippen molar-refractivity contribution in [2.75, 3.05) is 31.3 Å². The number of rotatable bonds is 3. The van der Waals surface area contributed by atoms with Gasteiger partial charge in [0.1, 0.15) is 30.2 Å². The molecule has 10 atom stereocenters. The van der Waals surface area contributed by atoms with Gasteiger partial charge in [0.2, 0.25) is 5.95 Å². The van der Waals surface area contributed by atoms with Gasteiger partial charge in [-0.1, -0.05) is 0 Å². The van der Waals surface area contributed by atoms with Gasteiger partial charge in [-0.05, 0) is 0 Å². The topological polar surface area (TPSA) is 309 Å². The average molecular weight is 690 g/mol. The maximum absolute atomic E-state index is 15.9. The van der Waals surface area contributed by atoms with Crippen LogP contribution < -0.4 is 17.0 Å². The number of hydrogen-bond acceptors (Lipinski definition) is 17. The number of hydrogen-bond donors (Lipinski definition) is 6. The number of nitrogens with zero attached hydrogens (tertiary/aromatic N) is 7. The van der Waals surface area contributed by atoms with E-state index in [0.29, 0.717) is 0 Å². The van der Waals surface area contributed by atoms with Crippen LogP contribution in [0.4, 0.5) is 16.2 Å². The highest BCUT2D eigenvalue weighted by Crippen LogP contribution is 2.55. The molecule has 4 aromatic heterocycles. The number of fused-ring (bicyclic) bond motifs is 5. The largest absolute Gasteiger partial charge is 0.472 e. The Balaban J connectivity index is 1.22. The Morgan fingerprint density at radius 1 is 0.913 bits per heavy atom. The van der Waals surface area contributed by atoms with Crippen LogP contribution in [0.3, 0.4) is 0 Å². The van der Waals surface area contributed by atoms with Crippen molar-refractivity contribution in [2.24, 2.45) is 5.92 Å². The molecular weight excluding hydrogens is 665 g/mol. The van der Waals surface area contributed by atoms with Gasteiger partial charge in [0.05, 0.1) is 38.6 Å². The van der Waals surface area contributed by atoms with Crippen LogP contribution in [0.25, 0.3) is 22.3 Å². The lowest BCUT2D eigenvalue weighted by atomic mass is 9.99. The summed E-state index contributed by atoms with van der Waals surface area (Å²) in [6.07, 6.45) is -8.11. The number of phosphoric acid groups is 2. The molecule has 0 saturated carbocycles. The molecule has 0 radical (unpaired) electrons. The number of aromatic amines is 1. The fourth-order valence-electron chi connectivity index (χ4n) is 5.59. The maximum atomic E-state index is 15.9. The number of alkyl halides is 1.